The number of nitrogens with zero attached hydrogens (tertiary/aromatic N) is 1. The molecule has 0 aliphatic rings. The van der Waals surface area contributed by atoms with Crippen molar-refractivity contribution in [2.24, 2.45) is 5.73 Å². The van der Waals surface area contributed by atoms with Gasteiger partial charge in [-0.3, -0.25) is 0 Å². The van der Waals surface area contributed by atoms with Gasteiger partial charge in [0.25, 0.3) is 0 Å². The van der Waals surface area contributed by atoms with Crippen molar-refractivity contribution in [2.75, 3.05) is 0 Å². The summed E-state index contributed by atoms with van der Waals surface area (Å²) in [5.41, 5.74) is 8.74. The molecule has 0 saturated carbocycles. The molecule has 0 unspecified atom stereocenters. The van der Waals surface area contributed by atoms with E-state index in [1.54, 1.807) is 0 Å². The van der Waals surface area contributed by atoms with Crippen LogP contribution in [0.1, 0.15) is 23.9 Å². The summed E-state index contributed by atoms with van der Waals surface area (Å²) in [4.78, 5) is 4.52. The van der Waals surface area contributed by atoms with E-state index in [2.05, 4.69) is 34.5 Å². The highest BCUT2D eigenvalue weighted by Gasteiger charge is 2.11. The van der Waals surface area contributed by atoms with Gasteiger partial charge in [-0.1, -0.05) is 41.6 Å². The van der Waals surface area contributed by atoms with Gasteiger partial charge < -0.3 is 10.2 Å². The minimum atomic E-state index is 0.561. The molecule has 0 radical (unpaired) electrons. The molecule has 3 nitrogen and oxygen atoms in total. The van der Waals surface area contributed by atoms with E-state index in [4.69, 9.17) is 10.2 Å². The van der Waals surface area contributed by atoms with Crippen molar-refractivity contribution in [1.82, 2.24) is 4.98 Å². The average Bonchev–Trinajstić information content (AvgIpc) is 2.82. The van der Waals surface area contributed by atoms with E-state index < -0.39 is 0 Å². The molecule has 0 bridgehead atoms. The van der Waals surface area contributed by atoms with Gasteiger partial charge in [0.15, 0.2) is 0 Å². The largest absolute Gasteiger partial charge is 0.441 e. The average molecular weight is 342 g/mol. The first-order chi connectivity index (χ1) is 8.28. The molecule has 0 spiro atoms. The summed E-state index contributed by atoms with van der Waals surface area (Å²) < 4.78 is 6.65. The smallest absolute Gasteiger partial charge is 0.226 e. The summed E-state index contributed by atoms with van der Waals surface area (Å²) in [6.07, 6.45) is 0.881. The number of alkyl halides is 1. The second kappa shape index (κ2) is 5.64. The molecular weight excluding hydrogens is 327 g/mol. The molecule has 90 valence electrons. The summed E-state index contributed by atoms with van der Waals surface area (Å²) in [7, 11) is 0. The highest BCUT2D eigenvalue weighted by molar-refractivity contribution is 14.1. The van der Waals surface area contributed by atoms with Gasteiger partial charge in [-0.25, -0.2) is 4.98 Å². The molecule has 17 heavy (non-hydrogen) atoms. The number of oxazole rings is 1. The van der Waals surface area contributed by atoms with E-state index >= 15 is 0 Å². The van der Waals surface area contributed by atoms with Gasteiger partial charge in [-0.05, 0) is 17.7 Å². The van der Waals surface area contributed by atoms with Crippen molar-refractivity contribution >= 4 is 22.6 Å². The predicted molar refractivity (Wildman–Crippen MR) is 76.9 cm³/mol. The van der Waals surface area contributed by atoms with Crippen molar-refractivity contribution in [3.8, 4) is 11.5 Å². The monoisotopic (exact) mass is 342 g/mol. The van der Waals surface area contributed by atoms with Crippen LogP contribution < -0.4 is 5.73 Å². The van der Waals surface area contributed by atoms with Gasteiger partial charge in [0.05, 0.1) is 5.69 Å². The summed E-state index contributed by atoms with van der Waals surface area (Å²) in [6, 6.07) is 8.03. The number of benzene rings is 1. The molecule has 0 amide bonds. The number of hydrogen-bond acceptors (Lipinski definition) is 3. The van der Waals surface area contributed by atoms with Crippen LogP contribution in [0.15, 0.2) is 28.7 Å². The Kier molecular flexibility index (Phi) is 4.17. The maximum absolute atomic E-state index is 5.77. The second-order valence-corrected chi connectivity index (χ2v) is 4.54. The van der Waals surface area contributed by atoms with Crippen LogP contribution >= 0.6 is 22.6 Å². The third kappa shape index (κ3) is 2.69. The zero-order valence-electron chi connectivity index (χ0n) is 9.74. The minimum absolute atomic E-state index is 0.561. The summed E-state index contributed by atoms with van der Waals surface area (Å²) in [5, 5.41) is 0. The topological polar surface area (TPSA) is 52.0 Å². The quantitative estimate of drug-likeness (QED) is 0.685. The lowest BCUT2D eigenvalue weighted by atomic mass is 10.1. The van der Waals surface area contributed by atoms with Crippen LogP contribution in [0.2, 0.25) is 0 Å². The molecule has 1 aromatic carbocycles. The van der Waals surface area contributed by atoms with Crippen molar-refractivity contribution in [2.45, 2.75) is 24.3 Å². The Morgan fingerprint density at radius 3 is 2.47 bits per heavy atom. The van der Waals surface area contributed by atoms with Gasteiger partial charge in [-0.2, -0.15) is 0 Å². The van der Waals surface area contributed by atoms with Crippen molar-refractivity contribution < 1.29 is 4.42 Å². The first-order valence-corrected chi connectivity index (χ1v) is 7.15. The fourth-order valence-corrected chi connectivity index (χ4v) is 2.27. The molecule has 0 aliphatic heterocycles. The van der Waals surface area contributed by atoms with Crippen molar-refractivity contribution in [3.63, 3.8) is 0 Å². The molecule has 2 aromatic rings. The van der Waals surface area contributed by atoms with Crippen LogP contribution in [-0.4, -0.2) is 4.98 Å². The number of rotatable bonds is 4. The molecule has 1 heterocycles. The van der Waals surface area contributed by atoms with Crippen LogP contribution in [0.4, 0.5) is 0 Å². The highest BCUT2D eigenvalue weighted by atomic mass is 127. The number of aryl methyl sites for hydroxylation is 1. The van der Waals surface area contributed by atoms with E-state index in [0.29, 0.717) is 12.4 Å². The molecule has 0 aliphatic carbocycles. The number of nitrogens with two attached hydrogens (primary N) is 1. The Morgan fingerprint density at radius 1 is 1.29 bits per heavy atom. The third-order valence-corrected chi connectivity index (χ3v) is 3.39. The second-order valence-electron chi connectivity index (χ2n) is 3.78. The Labute approximate surface area is 115 Å². The van der Waals surface area contributed by atoms with E-state index in [0.717, 1.165) is 33.4 Å². The van der Waals surface area contributed by atoms with E-state index in [9.17, 15) is 0 Å². The van der Waals surface area contributed by atoms with Crippen LogP contribution in [-0.2, 0) is 17.4 Å². The molecule has 0 atom stereocenters. The molecule has 0 saturated heterocycles. The van der Waals surface area contributed by atoms with Gasteiger partial charge in [-0.15, -0.1) is 0 Å². The Balaban J connectivity index is 2.35. The zero-order chi connectivity index (χ0) is 12.3. The first-order valence-electron chi connectivity index (χ1n) is 5.62. The maximum atomic E-state index is 5.77. The zero-order valence-corrected chi connectivity index (χ0v) is 11.9. The fraction of sp³-hybridized carbons (Fsp3) is 0.308. The lowest BCUT2D eigenvalue weighted by molar-refractivity contribution is 0.522. The number of aromatic nitrogens is 1. The fourth-order valence-electron chi connectivity index (χ4n) is 1.67. The van der Waals surface area contributed by atoms with E-state index in [1.807, 2.05) is 24.3 Å². The lowest BCUT2D eigenvalue weighted by Crippen LogP contribution is -1.95. The number of halogens is 1. The standard InChI is InChI=1S/C13H15IN2O/c1-2-12-11(7-14)16-13(17-12)10-5-3-9(8-15)4-6-10/h3-6H,2,7-8,15H2,1H3. The van der Waals surface area contributed by atoms with Gasteiger partial charge in [0, 0.05) is 23.0 Å². The van der Waals surface area contributed by atoms with Crippen molar-refractivity contribution in [1.29, 1.82) is 0 Å². The van der Waals surface area contributed by atoms with E-state index in [1.165, 1.54) is 0 Å². The SMILES string of the molecule is CCc1oc(-c2ccc(CN)cc2)nc1CI. The van der Waals surface area contributed by atoms with Crippen LogP contribution in [0.3, 0.4) is 0 Å². The third-order valence-electron chi connectivity index (χ3n) is 2.66. The normalized spacial score (nSPS) is 10.8. The van der Waals surface area contributed by atoms with Crippen LogP contribution in [0.25, 0.3) is 11.5 Å². The summed E-state index contributed by atoms with van der Waals surface area (Å²) >= 11 is 2.31. The number of hydrogen-bond donors (Lipinski definition) is 1. The van der Waals surface area contributed by atoms with Gasteiger partial charge in [0.1, 0.15) is 5.76 Å². The predicted octanol–water partition coefficient (Wildman–Crippen LogP) is 3.30. The first kappa shape index (κ1) is 12.6. The Morgan fingerprint density at radius 2 is 2.00 bits per heavy atom. The van der Waals surface area contributed by atoms with Gasteiger partial charge >= 0.3 is 0 Å². The Hall–Kier alpha value is -0.880. The molecule has 2 rings (SSSR count). The Bertz CT molecular complexity index is 469. The summed E-state index contributed by atoms with van der Waals surface area (Å²) in [5.74, 6) is 1.69. The maximum Gasteiger partial charge on any atom is 0.226 e. The van der Waals surface area contributed by atoms with Gasteiger partial charge in [0.2, 0.25) is 5.89 Å². The van der Waals surface area contributed by atoms with E-state index in [-0.39, 0.29) is 0 Å². The lowest BCUT2D eigenvalue weighted by Gasteiger charge is -1.98. The minimum Gasteiger partial charge on any atom is -0.441 e. The van der Waals surface area contributed by atoms with Crippen LogP contribution in [0.5, 0.6) is 0 Å². The summed E-state index contributed by atoms with van der Waals surface area (Å²) in [6.45, 7) is 2.64. The molecule has 0 fully saturated rings. The molecular formula is C13H15IN2O. The molecule has 4 heteroatoms. The molecule has 1 aromatic heterocycles. The highest BCUT2D eigenvalue weighted by Crippen LogP contribution is 2.24. The van der Waals surface area contributed by atoms with Crippen molar-refractivity contribution in [3.05, 3.63) is 41.3 Å². The van der Waals surface area contributed by atoms with Crippen LogP contribution in [0, 0.1) is 0 Å². The molecule has 2 N–H and O–H groups in total.